The van der Waals surface area contributed by atoms with Gasteiger partial charge in [0.2, 0.25) is 0 Å². The Morgan fingerprint density at radius 1 is 1.39 bits per heavy atom. The highest BCUT2D eigenvalue weighted by Crippen LogP contribution is 2.27. The molecule has 1 aliphatic heterocycles. The second-order valence-electron chi connectivity index (χ2n) is 5.14. The Balaban J connectivity index is 1.97. The Morgan fingerprint density at radius 3 is 3.00 bits per heavy atom. The average molecular weight is 244 g/mol. The average Bonchev–Trinajstić information content (AvgIpc) is 2.98. The molecule has 1 saturated heterocycles. The number of methoxy groups -OCH3 is 1. The SMILES string of the molecule is COc1ccc2c(CC3CCCN3)c(C)[nH]c2c1. The van der Waals surface area contributed by atoms with Gasteiger partial charge in [-0.3, -0.25) is 0 Å². The highest BCUT2D eigenvalue weighted by atomic mass is 16.5. The molecule has 1 atom stereocenters. The standard InChI is InChI=1S/C15H20N2O/c1-10-14(8-11-4-3-7-16-11)13-6-5-12(18-2)9-15(13)17-10/h5-6,9,11,16-17H,3-4,7-8H2,1-2H3. The first-order valence-corrected chi connectivity index (χ1v) is 6.66. The van der Waals surface area contributed by atoms with E-state index in [1.54, 1.807) is 7.11 Å². The predicted molar refractivity (Wildman–Crippen MR) is 74.3 cm³/mol. The number of ether oxygens (including phenoxy) is 1. The van der Waals surface area contributed by atoms with Crippen molar-refractivity contribution in [3.05, 3.63) is 29.5 Å². The highest BCUT2D eigenvalue weighted by Gasteiger charge is 2.18. The first kappa shape index (κ1) is 11.6. The van der Waals surface area contributed by atoms with Crippen LogP contribution in [0.15, 0.2) is 18.2 Å². The lowest BCUT2D eigenvalue weighted by Gasteiger charge is -2.10. The molecule has 96 valence electrons. The van der Waals surface area contributed by atoms with Gasteiger partial charge < -0.3 is 15.0 Å². The van der Waals surface area contributed by atoms with Crippen LogP contribution in [0, 0.1) is 6.92 Å². The number of H-pyrrole nitrogens is 1. The number of aryl methyl sites for hydroxylation is 1. The normalized spacial score (nSPS) is 19.6. The minimum atomic E-state index is 0.643. The van der Waals surface area contributed by atoms with E-state index in [-0.39, 0.29) is 0 Å². The predicted octanol–water partition coefficient (Wildman–Crippen LogP) is 2.78. The summed E-state index contributed by atoms with van der Waals surface area (Å²) < 4.78 is 5.27. The maximum absolute atomic E-state index is 5.27. The molecule has 0 amide bonds. The summed E-state index contributed by atoms with van der Waals surface area (Å²) in [5.74, 6) is 0.911. The number of rotatable bonds is 3. The third kappa shape index (κ3) is 1.99. The van der Waals surface area contributed by atoms with Crippen LogP contribution in [0.3, 0.4) is 0 Å². The Labute approximate surface area is 108 Å². The lowest BCUT2D eigenvalue weighted by molar-refractivity contribution is 0.415. The summed E-state index contributed by atoms with van der Waals surface area (Å²) in [6.07, 6.45) is 3.72. The molecule has 3 nitrogen and oxygen atoms in total. The van der Waals surface area contributed by atoms with Gasteiger partial charge in [0.05, 0.1) is 7.11 Å². The van der Waals surface area contributed by atoms with Gasteiger partial charge in [-0.15, -0.1) is 0 Å². The number of aromatic amines is 1. The van der Waals surface area contributed by atoms with Gasteiger partial charge in [0, 0.05) is 28.7 Å². The molecular weight excluding hydrogens is 224 g/mol. The van der Waals surface area contributed by atoms with Crippen molar-refractivity contribution in [2.75, 3.05) is 13.7 Å². The van der Waals surface area contributed by atoms with Crippen LogP contribution in [0.25, 0.3) is 10.9 Å². The lowest BCUT2D eigenvalue weighted by Crippen LogP contribution is -2.23. The number of aromatic nitrogens is 1. The van der Waals surface area contributed by atoms with Gasteiger partial charge in [-0.05, 0) is 50.4 Å². The van der Waals surface area contributed by atoms with Crippen molar-refractivity contribution in [2.24, 2.45) is 0 Å². The molecular formula is C15H20N2O. The molecule has 1 unspecified atom stereocenters. The van der Waals surface area contributed by atoms with E-state index in [1.165, 1.54) is 41.5 Å². The molecule has 2 heterocycles. The van der Waals surface area contributed by atoms with E-state index in [9.17, 15) is 0 Å². The third-order valence-corrected chi connectivity index (χ3v) is 3.94. The second-order valence-corrected chi connectivity index (χ2v) is 5.14. The number of fused-ring (bicyclic) bond motifs is 1. The van der Waals surface area contributed by atoms with E-state index in [2.05, 4.69) is 29.4 Å². The number of hydrogen-bond donors (Lipinski definition) is 2. The van der Waals surface area contributed by atoms with Crippen molar-refractivity contribution < 1.29 is 4.74 Å². The molecule has 0 radical (unpaired) electrons. The van der Waals surface area contributed by atoms with Crippen molar-refractivity contribution in [1.29, 1.82) is 0 Å². The summed E-state index contributed by atoms with van der Waals surface area (Å²) >= 11 is 0. The van der Waals surface area contributed by atoms with Gasteiger partial charge in [0.15, 0.2) is 0 Å². The number of benzene rings is 1. The van der Waals surface area contributed by atoms with Gasteiger partial charge in [-0.25, -0.2) is 0 Å². The minimum absolute atomic E-state index is 0.643. The Hall–Kier alpha value is -1.48. The highest BCUT2D eigenvalue weighted by molar-refractivity contribution is 5.85. The number of hydrogen-bond acceptors (Lipinski definition) is 2. The van der Waals surface area contributed by atoms with E-state index in [1.807, 2.05) is 6.07 Å². The van der Waals surface area contributed by atoms with Crippen molar-refractivity contribution in [3.63, 3.8) is 0 Å². The molecule has 18 heavy (non-hydrogen) atoms. The largest absolute Gasteiger partial charge is 0.497 e. The number of nitrogens with one attached hydrogen (secondary N) is 2. The maximum atomic E-state index is 5.27. The van der Waals surface area contributed by atoms with Gasteiger partial charge in [0.1, 0.15) is 5.75 Å². The van der Waals surface area contributed by atoms with Crippen molar-refractivity contribution in [3.8, 4) is 5.75 Å². The Bertz CT molecular complexity index is 553. The molecule has 1 aromatic heterocycles. The summed E-state index contributed by atoms with van der Waals surface area (Å²) in [5, 5.41) is 4.91. The topological polar surface area (TPSA) is 37.0 Å². The molecule has 2 aromatic rings. The van der Waals surface area contributed by atoms with E-state index < -0.39 is 0 Å². The third-order valence-electron chi connectivity index (χ3n) is 3.94. The molecule has 0 spiro atoms. The smallest absolute Gasteiger partial charge is 0.120 e. The molecule has 1 aliphatic rings. The fraction of sp³-hybridized carbons (Fsp3) is 0.467. The van der Waals surface area contributed by atoms with Crippen LogP contribution in [-0.4, -0.2) is 24.7 Å². The maximum Gasteiger partial charge on any atom is 0.120 e. The van der Waals surface area contributed by atoms with Gasteiger partial charge >= 0.3 is 0 Å². The van der Waals surface area contributed by atoms with Crippen LogP contribution in [0.1, 0.15) is 24.1 Å². The van der Waals surface area contributed by atoms with Crippen LogP contribution in [-0.2, 0) is 6.42 Å². The monoisotopic (exact) mass is 244 g/mol. The van der Waals surface area contributed by atoms with E-state index in [0.29, 0.717) is 6.04 Å². The van der Waals surface area contributed by atoms with Gasteiger partial charge in [-0.2, -0.15) is 0 Å². The zero-order valence-corrected chi connectivity index (χ0v) is 11.0. The molecule has 0 aliphatic carbocycles. The molecule has 0 bridgehead atoms. The fourth-order valence-corrected chi connectivity index (χ4v) is 2.94. The van der Waals surface area contributed by atoms with E-state index in [4.69, 9.17) is 4.74 Å². The Kier molecular flexibility index (Phi) is 3.00. The second kappa shape index (κ2) is 4.65. The quantitative estimate of drug-likeness (QED) is 0.871. The zero-order valence-electron chi connectivity index (χ0n) is 11.0. The van der Waals surface area contributed by atoms with Crippen LogP contribution < -0.4 is 10.1 Å². The van der Waals surface area contributed by atoms with Crippen molar-refractivity contribution >= 4 is 10.9 Å². The zero-order chi connectivity index (χ0) is 12.5. The van der Waals surface area contributed by atoms with Gasteiger partial charge in [-0.1, -0.05) is 0 Å². The first-order chi connectivity index (χ1) is 8.78. The van der Waals surface area contributed by atoms with Crippen LogP contribution in [0.5, 0.6) is 5.75 Å². The molecule has 2 N–H and O–H groups in total. The molecule has 3 rings (SSSR count). The van der Waals surface area contributed by atoms with Crippen LogP contribution >= 0.6 is 0 Å². The molecule has 1 fully saturated rings. The minimum Gasteiger partial charge on any atom is -0.497 e. The summed E-state index contributed by atoms with van der Waals surface area (Å²) in [6, 6.07) is 6.93. The molecule has 0 saturated carbocycles. The van der Waals surface area contributed by atoms with E-state index >= 15 is 0 Å². The van der Waals surface area contributed by atoms with Crippen molar-refractivity contribution in [1.82, 2.24) is 10.3 Å². The van der Waals surface area contributed by atoms with Gasteiger partial charge in [0.25, 0.3) is 0 Å². The Morgan fingerprint density at radius 2 is 2.28 bits per heavy atom. The fourth-order valence-electron chi connectivity index (χ4n) is 2.94. The summed E-state index contributed by atoms with van der Waals surface area (Å²) in [6.45, 7) is 3.33. The van der Waals surface area contributed by atoms with Crippen LogP contribution in [0.4, 0.5) is 0 Å². The summed E-state index contributed by atoms with van der Waals surface area (Å²) in [7, 11) is 1.71. The first-order valence-electron chi connectivity index (χ1n) is 6.66. The van der Waals surface area contributed by atoms with E-state index in [0.717, 1.165) is 12.2 Å². The van der Waals surface area contributed by atoms with Crippen LogP contribution in [0.2, 0.25) is 0 Å². The lowest BCUT2D eigenvalue weighted by atomic mass is 10.0. The van der Waals surface area contributed by atoms with Crippen molar-refractivity contribution in [2.45, 2.75) is 32.2 Å². The molecule has 1 aromatic carbocycles. The molecule has 3 heteroatoms. The summed E-state index contributed by atoms with van der Waals surface area (Å²) in [4.78, 5) is 3.47. The summed E-state index contributed by atoms with van der Waals surface area (Å²) in [5.41, 5.74) is 3.92.